The summed E-state index contributed by atoms with van der Waals surface area (Å²) in [5, 5.41) is 0. The van der Waals surface area contributed by atoms with Crippen LogP contribution in [0.25, 0.3) is 12.2 Å². The van der Waals surface area contributed by atoms with Gasteiger partial charge in [0.2, 0.25) is 0 Å². The van der Waals surface area contributed by atoms with E-state index in [0.29, 0.717) is 26.4 Å². The standard InChI is InChI=1S/C41H52O7/c1-31-14-16-35(17-15-31)20-24-39(42)46-27-11-7-6-10-26-45-38-30-32(2)41(34(4)33(38)3)48-29-13-9-8-12-28-47-40(43)25-21-36-18-22-37(44-5)23-19-36/h14-25,30H,6-13,26-29H2,1-5H3/b24-20+,25-21+. The maximum Gasteiger partial charge on any atom is 0.330 e. The molecule has 0 unspecified atom stereocenters. The van der Waals surface area contributed by atoms with Crippen molar-refractivity contribution in [2.24, 2.45) is 0 Å². The first-order valence-electron chi connectivity index (χ1n) is 17.0. The van der Waals surface area contributed by atoms with E-state index in [0.717, 1.165) is 96.4 Å². The molecule has 0 saturated carbocycles. The SMILES string of the molecule is COc1ccc(/C=C/C(=O)OCCCCCCOc2c(C)cc(OCCCCCCOC(=O)/C=C/c3ccc(C)cc3)c(C)c2C)cc1. The molecule has 258 valence electrons. The Hall–Kier alpha value is -4.52. The van der Waals surface area contributed by atoms with Crippen LogP contribution in [-0.4, -0.2) is 45.5 Å². The Bertz CT molecular complexity index is 1470. The number of hydrogen-bond acceptors (Lipinski definition) is 7. The molecule has 0 aliphatic carbocycles. The molecule has 3 rings (SSSR count). The third-order valence-electron chi connectivity index (χ3n) is 8.07. The molecule has 0 heterocycles. The van der Waals surface area contributed by atoms with Crippen molar-refractivity contribution in [2.45, 2.75) is 79.1 Å². The van der Waals surface area contributed by atoms with Crippen molar-refractivity contribution in [1.82, 2.24) is 0 Å². The highest BCUT2D eigenvalue weighted by Crippen LogP contribution is 2.33. The highest BCUT2D eigenvalue weighted by atomic mass is 16.5. The number of benzene rings is 3. The van der Waals surface area contributed by atoms with Gasteiger partial charge in [-0.1, -0.05) is 42.0 Å². The molecule has 0 aliphatic heterocycles. The van der Waals surface area contributed by atoms with Gasteiger partial charge >= 0.3 is 11.9 Å². The van der Waals surface area contributed by atoms with Gasteiger partial charge in [0, 0.05) is 12.2 Å². The van der Waals surface area contributed by atoms with Crippen LogP contribution in [-0.2, 0) is 19.1 Å². The van der Waals surface area contributed by atoms with Crippen LogP contribution in [0.1, 0.15) is 84.7 Å². The van der Waals surface area contributed by atoms with Crippen molar-refractivity contribution in [3.8, 4) is 17.2 Å². The fourth-order valence-corrected chi connectivity index (χ4v) is 5.03. The molecule has 0 saturated heterocycles. The van der Waals surface area contributed by atoms with Gasteiger partial charge in [-0.3, -0.25) is 0 Å². The van der Waals surface area contributed by atoms with Crippen LogP contribution in [0, 0.1) is 27.7 Å². The summed E-state index contributed by atoms with van der Waals surface area (Å²) in [6, 6.07) is 17.5. The summed E-state index contributed by atoms with van der Waals surface area (Å²) in [6.07, 6.45) is 14.0. The fraction of sp³-hybridized carbons (Fsp3) is 0.415. The van der Waals surface area contributed by atoms with Gasteiger partial charge in [0.05, 0.1) is 33.5 Å². The Labute approximate surface area is 286 Å². The molecule has 0 fully saturated rings. The Morgan fingerprint density at radius 2 is 1.06 bits per heavy atom. The van der Waals surface area contributed by atoms with Gasteiger partial charge in [-0.05, 0) is 137 Å². The molecule has 48 heavy (non-hydrogen) atoms. The number of aryl methyl sites for hydroxylation is 2. The lowest BCUT2D eigenvalue weighted by Crippen LogP contribution is -2.06. The third kappa shape index (κ3) is 14.1. The van der Waals surface area contributed by atoms with Gasteiger partial charge in [-0.25, -0.2) is 9.59 Å². The molecule has 3 aromatic rings. The van der Waals surface area contributed by atoms with E-state index in [1.807, 2.05) is 55.5 Å². The minimum atomic E-state index is -0.332. The molecule has 0 aliphatic rings. The van der Waals surface area contributed by atoms with Crippen molar-refractivity contribution in [3.05, 3.63) is 100 Å². The molecule has 0 bridgehead atoms. The Morgan fingerprint density at radius 1 is 0.583 bits per heavy atom. The smallest absolute Gasteiger partial charge is 0.330 e. The van der Waals surface area contributed by atoms with Crippen LogP contribution in [0.2, 0.25) is 0 Å². The number of rotatable bonds is 21. The monoisotopic (exact) mass is 656 g/mol. The van der Waals surface area contributed by atoms with E-state index in [9.17, 15) is 9.59 Å². The van der Waals surface area contributed by atoms with Crippen molar-refractivity contribution in [3.63, 3.8) is 0 Å². The molecule has 0 radical (unpaired) electrons. The first-order chi connectivity index (χ1) is 23.3. The topological polar surface area (TPSA) is 80.3 Å². The molecule has 0 spiro atoms. The summed E-state index contributed by atoms with van der Waals surface area (Å²) in [7, 11) is 1.62. The molecule has 0 atom stereocenters. The van der Waals surface area contributed by atoms with Gasteiger partial charge in [-0.15, -0.1) is 0 Å². The second kappa shape index (κ2) is 21.4. The van der Waals surface area contributed by atoms with Crippen LogP contribution >= 0.6 is 0 Å². The molecule has 7 nitrogen and oxygen atoms in total. The van der Waals surface area contributed by atoms with Gasteiger partial charge in [-0.2, -0.15) is 0 Å². The number of carbonyl (C=O) groups excluding carboxylic acids is 2. The number of hydrogen-bond donors (Lipinski definition) is 0. The maximum atomic E-state index is 12.0. The molecule has 3 aromatic carbocycles. The summed E-state index contributed by atoms with van der Waals surface area (Å²) in [6.45, 7) is 10.4. The lowest BCUT2D eigenvalue weighted by Gasteiger charge is -2.18. The number of carbonyl (C=O) groups is 2. The Morgan fingerprint density at radius 3 is 1.58 bits per heavy atom. The van der Waals surface area contributed by atoms with E-state index < -0.39 is 0 Å². The van der Waals surface area contributed by atoms with Crippen LogP contribution in [0.4, 0.5) is 0 Å². The van der Waals surface area contributed by atoms with Gasteiger partial charge in [0.25, 0.3) is 0 Å². The van der Waals surface area contributed by atoms with Crippen LogP contribution in [0.3, 0.4) is 0 Å². The predicted molar refractivity (Wildman–Crippen MR) is 193 cm³/mol. The quantitative estimate of drug-likeness (QED) is 0.0642. The minimum Gasteiger partial charge on any atom is -0.497 e. The molecule has 0 N–H and O–H groups in total. The summed E-state index contributed by atoms with van der Waals surface area (Å²) >= 11 is 0. The van der Waals surface area contributed by atoms with Gasteiger partial charge in [0.15, 0.2) is 0 Å². The average molecular weight is 657 g/mol. The zero-order valence-corrected chi connectivity index (χ0v) is 29.3. The summed E-state index contributed by atoms with van der Waals surface area (Å²) in [5.41, 5.74) is 6.37. The number of esters is 2. The van der Waals surface area contributed by atoms with Crippen molar-refractivity contribution < 1.29 is 33.3 Å². The molecule has 0 aromatic heterocycles. The zero-order chi connectivity index (χ0) is 34.6. The summed E-state index contributed by atoms with van der Waals surface area (Å²) in [5.74, 6) is 1.97. The van der Waals surface area contributed by atoms with Gasteiger partial charge in [0.1, 0.15) is 17.2 Å². The average Bonchev–Trinajstić information content (AvgIpc) is 3.09. The van der Waals surface area contributed by atoms with E-state index in [2.05, 4.69) is 26.8 Å². The predicted octanol–water partition coefficient (Wildman–Crippen LogP) is 9.32. The highest BCUT2D eigenvalue weighted by molar-refractivity contribution is 5.87. The largest absolute Gasteiger partial charge is 0.497 e. The normalized spacial score (nSPS) is 11.2. The summed E-state index contributed by atoms with van der Waals surface area (Å²) < 4.78 is 28.1. The Balaban J connectivity index is 1.22. The van der Waals surface area contributed by atoms with E-state index in [1.165, 1.54) is 17.7 Å². The second-order valence-corrected chi connectivity index (χ2v) is 12.0. The van der Waals surface area contributed by atoms with Crippen molar-refractivity contribution >= 4 is 24.1 Å². The third-order valence-corrected chi connectivity index (χ3v) is 8.07. The first-order valence-corrected chi connectivity index (χ1v) is 17.0. The minimum absolute atomic E-state index is 0.307. The van der Waals surface area contributed by atoms with Crippen LogP contribution in [0.15, 0.2) is 66.7 Å². The Kier molecular flexibility index (Phi) is 16.9. The van der Waals surface area contributed by atoms with E-state index in [4.69, 9.17) is 23.7 Å². The van der Waals surface area contributed by atoms with E-state index >= 15 is 0 Å². The lowest BCUT2D eigenvalue weighted by atomic mass is 10.0. The van der Waals surface area contributed by atoms with E-state index in [-0.39, 0.29) is 11.9 Å². The fourth-order valence-electron chi connectivity index (χ4n) is 5.03. The number of methoxy groups -OCH3 is 1. The lowest BCUT2D eigenvalue weighted by molar-refractivity contribution is -0.138. The van der Waals surface area contributed by atoms with E-state index in [1.54, 1.807) is 19.3 Å². The molecule has 0 amide bonds. The first kappa shape index (κ1) is 37.9. The van der Waals surface area contributed by atoms with Gasteiger partial charge < -0.3 is 23.7 Å². The summed E-state index contributed by atoms with van der Waals surface area (Å²) in [4.78, 5) is 23.9. The number of unbranched alkanes of at least 4 members (excludes halogenated alkanes) is 6. The molecule has 7 heteroatoms. The van der Waals surface area contributed by atoms with Crippen LogP contribution in [0.5, 0.6) is 17.2 Å². The highest BCUT2D eigenvalue weighted by Gasteiger charge is 2.12. The maximum absolute atomic E-state index is 12.0. The molecular weight excluding hydrogens is 604 g/mol. The number of ether oxygens (including phenoxy) is 5. The second-order valence-electron chi connectivity index (χ2n) is 12.0. The molecular formula is C41H52O7. The van der Waals surface area contributed by atoms with Crippen LogP contribution < -0.4 is 14.2 Å². The van der Waals surface area contributed by atoms with Crippen molar-refractivity contribution in [2.75, 3.05) is 33.5 Å². The van der Waals surface area contributed by atoms with Crippen molar-refractivity contribution in [1.29, 1.82) is 0 Å². The zero-order valence-electron chi connectivity index (χ0n) is 29.3.